The monoisotopic (exact) mass is 261 g/mol. The third-order valence-electron chi connectivity index (χ3n) is 3.43. The molecule has 1 N–H and O–H groups in total. The van der Waals surface area contributed by atoms with Gasteiger partial charge in [-0.1, -0.05) is 18.2 Å². The average Bonchev–Trinajstić information content (AvgIpc) is 2.37. The molecular formula is C16H17F2N. The number of hydrogen-bond donors (Lipinski definition) is 1. The van der Waals surface area contributed by atoms with E-state index in [0.29, 0.717) is 12.1 Å². The zero-order valence-corrected chi connectivity index (χ0v) is 11.3. The predicted molar refractivity (Wildman–Crippen MR) is 74.3 cm³/mol. The minimum atomic E-state index is -0.427. The van der Waals surface area contributed by atoms with E-state index in [9.17, 15) is 8.78 Å². The SMILES string of the molecule is Cc1cc(F)c(NCc2cccc(C)c2C)cc1F. The van der Waals surface area contributed by atoms with Crippen LogP contribution in [0, 0.1) is 32.4 Å². The zero-order chi connectivity index (χ0) is 14.0. The van der Waals surface area contributed by atoms with Gasteiger partial charge in [0.05, 0.1) is 5.69 Å². The second kappa shape index (κ2) is 5.39. The van der Waals surface area contributed by atoms with Crippen LogP contribution >= 0.6 is 0 Å². The van der Waals surface area contributed by atoms with E-state index in [1.165, 1.54) is 23.3 Å². The molecule has 0 unspecified atom stereocenters. The van der Waals surface area contributed by atoms with Crippen LogP contribution in [0.25, 0.3) is 0 Å². The Morgan fingerprint density at radius 1 is 0.947 bits per heavy atom. The number of halogens is 2. The summed E-state index contributed by atoms with van der Waals surface area (Å²) in [5.74, 6) is -0.825. The fraction of sp³-hybridized carbons (Fsp3) is 0.250. The molecule has 0 bridgehead atoms. The second-order valence-electron chi connectivity index (χ2n) is 4.79. The Labute approximate surface area is 112 Å². The minimum absolute atomic E-state index is 0.198. The van der Waals surface area contributed by atoms with Crippen molar-refractivity contribution in [1.82, 2.24) is 0 Å². The quantitative estimate of drug-likeness (QED) is 0.857. The van der Waals surface area contributed by atoms with E-state index >= 15 is 0 Å². The van der Waals surface area contributed by atoms with Crippen molar-refractivity contribution in [3.05, 3.63) is 64.2 Å². The van der Waals surface area contributed by atoms with Crippen molar-refractivity contribution in [2.45, 2.75) is 27.3 Å². The molecule has 2 aromatic carbocycles. The van der Waals surface area contributed by atoms with Gasteiger partial charge < -0.3 is 5.32 Å². The van der Waals surface area contributed by atoms with Crippen LogP contribution < -0.4 is 5.32 Å². The summed E-state index contributed by atoms with van der Waals surface area (Å²) < 4.78 is 27.1. The van der Waals surface area contributed by atoms with Crippen LogP contribution in [0.2, 0.25) is 0 Å². The lowest BCUT2D eigenvalue weighted by atomic mass is 10.0. The number of hydrogen-bond acceptors (Lipinski definition) is 1. The highest BCUT2D eigenvalue weighted by Gasteiger charge is 2.07. The van der Waals surface area contributed by atoms with Gasteiger partial charge in [0.1, 0.15) is 11.6 Å². The highest BCUT2D eigenvalue weighted by Crippen LogP contribution is 2.20. The Balaban J connectivity index is 2.19. The molecule has 0 atom stereocenters. The minimum Gasteiger partial charge on any atom is -0.379 e. The van der Waals surface area contributed by atoms with Crippen molar-refractivity contribution in [1.29, 1.82) is 0 Å². The molecule has 0 spiro atoms. The molecule has 0 fully saturated rings. The zero-order valence-electron chi connectivity index (χ0n) is 11.3. The van der Waals surface area contributed by atoms with E-state index in [0.717, 1.165) is 5.56 Å². The molecule has 0 aliphatic carbocycles. The molecule has 0 heterocycles. The third-order valence-corrected chi connectivity index (χ3v) is 3.43. The van der Waals surface area contributed by atoms with Crippen LogP contribution in [0.1, 0.15) is 22.3 Å². The average molecular weight is 261 g/mol. The van der Waals surface area contributed by atoms with E-state index in [4.69, 9.17) is 0 Å². The second-order valence-corrected chi connectivity index (χ2v) is 4.79. The molecule has 0 aromatic heterocycles. The standard InChI is InChI=1S/C16H17F2N/c1-10-5-4-6-13(12(10)3)9-19-16-8-14(17)11(2)7-15(16)18/h4-8,19H,9H2,1-3H3. The lowest BCUT2D eigenvalue weighted by Gasteiger charge is -2.12. The summed E-state index contributed by atoms with van der Waals surface area (Å²) in [6, 6.07) is 8.39. The highest BCUT2D eigenvalue weighted by atomic mass is 19.1. The number of rotatable bonds is 3. The lowest BCUT2D eigenvalue weighted by Crippen LogP contribution is -2.04. The number of aryl methyl sites for hydroxylation is 2. The maximum Gasteiger partial charge on any atom is 0.146 e. The Hall–Kier alpha value is -1.90. The van der Waals surface area contributed by atoms with E-state index < -0.39 is 11.6 Å². The smallest absolute Gasteiger partial charge is 0.146 e. The summed E-state index contributed by atoms with van der Waals surface area (Å²) >= 11 is 0. The number of nitrogens with one attached hydrogen (secondary N) is 1. The van der Waals surface area contributed by atoms with Crippen LogP contribution in [0.15, 0.2) is 30.3 Å². The van der Waals surface area contributed by atoms with Crippen LogP contribution in [0.5, 0.6) is 0 Å². The van der Waals surface area contributed by atoms with Gasteiger partial charge in [-0.2, -0.15) is 0 Å². The molecule has 0 radical (unpaired) electrons. The molecule has 0 saturated heterocycles. The first-order valence-corrected chi connectivity index (χ1v) is 6.23. The fourth-order valence-corrected chi connectivity index (χ4v) is 1.98. The van der Waals surface area contributed by atoms with Gasteiger partial charge in [0.15, 0.2) is 0 Å². The van der Waals surface area contributed by atoms with Crippen LogP contribution in [0.4, 0.5) is 14.5 Å². The Bertz CT molecular complexity index is 606. The molecule has 0 aliphatic heterocycles. The van der Waals surface area contributed by atoms with Crippen molar-refractivity contribution in [2.75, 3.05) is 5.32 Å². The molecule has 0 aliphatic rings. The molecule has 2 rings (SSSR count). The van der Waals surface area contributed by atoms with Gasteiger partial charge in [0.2, 0.25) is 0 Å². The van der Waals surface area contributed by atoms with Crippen molar-refractivity contribution in [3.63, 3.8) is 0 Å². The van der Waals surface area contributed by atoms with Gasteiger partial charge in [-0.05, 0) is 49.1 Å². The summed E-state index contributed by atoms with van der Waals surface area (Å²) in [6.07, 6.45) is 0. The molecule has 100 valence electrons. The van der Waals surface area contributed by atoms with Crippen LogP contribution in [0.3, 0.4) is 0 Å². The Morgan fingerprint density at radius 2 is 1.68 bits per heavy atom. The van der Waals surface area contributed by atoms with Crippen LogP contribution in [-0.2, 0) is 6.54 Å². The maximum absolute atomic E-state index is 13.7. The van der Waals surface area contributed by atoms with Gasteiger partial charge in [0, 0.05) is 12.6 Å². The van der Waals surface area contributed by atoms with Gasteiger partial charge in [-0.3, -0.25) is 0 Å². The normalized spacial score (nSPS) is 10.6. The number of benzene rings is 2. The number of anilines is 1. The fourth-order valence-electron chi connectivity index (χ4n) is 1.98. The molecule has 2 aromatic rings. The molecule has 3 heteroatoms. The van der Waals surface area contributed by atoms with Gasteiger partial charge in [0.25, 0.3) is 0 Å². The van der Waals surface area contributed by atoms with Crippen LogP contribution in [-0.4, -0.2) is 0 Å². The topological polar surface area (TPSA) is 12.0 Å². The first-order chi connectivity index (χ1) is 8.99. The largest absolute Gasteiger partial charge is 0.379 e. The highest BCUT2D eigenvalue weighted by molar-refractivity contribution is 5.48. The van der Waals surface area contributed by atoms with E-state index in [1.54, 1.807) is 6.92 Å². The predicted octanol–water partition coefficient (Wildman–Crippen LogP) is 4.50. The van der Waals surface area contributed by atoms with Gasteiger partial charge in [-0.15, -0.1) is 0 Å². The maximum atomic E-state index is 13.7. The van der Waals surface area contributed by atoms with Crippen molar-refractivity contribution < 1.29 is 8.78 Å². The molecule has 0 amide bonds. The Kier molecular flexibility index (Phi) is 3.84. The van der Waals surface area contributed by atoms with E-state index in [-0.39, 0.29) is 5.69 Å². The summed E-state index contributed by atoms with van der Waals surface area (Å²) in [6.45, 7) is 6.09. The summed E-state index contributed by atoms with van der Waals surface area (Å²) in [4.78, 5) is 0. The van der Waals surface area contributed by atoms with Crippen molar-refractivity contribution in [2.24, 2.45) is 0 Å². The van der Waals surface area contributed by atoms with Crippen molar-refractivity contribution in [3.8, 4) is 0 Å². The summed E-state index contributed by atoms with van der Waals surface area (Å²) in [7, 11) is 0. The van der Waals surface area contributed by atoms with E-state index in [2.05, 4.69) is 5.32 Å². The molecule has 19 heavy (non-hydrogen) atoms. The molecule has 0 saturated carbocycles. The Morgan fingerprint density at radius 3 is 2.42 bits per heavy atom. The lowest BCUT2D eigenvalue weighted by molar-refractivity contribution is 0.594. The van der Waals surface area contributed by atoms with Gasteiger partial charge >= 0.3 is 0 Å². The first-order valence-electron chi connectivity index (χ1n) is 6.23. The summed E-state index contributed by atoms with van der Waals surface area (Å²) in [5.41, 5.74) is 3.96. The van der Waals surface area contributed by atoms with Crippen molar-refractivity contribution >= 4 is 5.69 Å². The molecular weight excluding hydrogens is 244 g/mol. The van der Waals surface area contributed by atoms with Gasteiger partial charge in [-0.25, -0.2) is 8.78 Å². The summed E-state index contributed by atoms with van der Waals surface area (Å²) in [5, 5.41) is 2.95. The van der Waals surface area contributed by atoms with E-state index in [1.807, 2.05) is 32.0 Å². The first kappa shape index (κ1) is 13.5. The molecule has 1 nitrogen and oxygen atoms in total. The third kappa shape index (κ3) is 2.92.